The molecule has 0 bridgehead atoms. The van der Waals surface area contributed by atoms with Crippen LogP contribution in [-0.2, 0) is 9.53 Å². The van der Waals surface area contributed by atoms with Gasteiger partial charge in [-0.05, 0) is 32.2 Å². The highest BCUT2D eigenvalue weighted by molar-refractivity contribution is 5.75. The van der Waals surface area contributed by atoms with Gasteiger partial charge in [0.05, 0.1) is 6.61 Å². The van der Waals surface area contributed by atoms with Crippen LogP contribution in [0.1, 0.15) is 19.8 Å². The summed E-state index contributed by atoms with van der Waals surface area (Å²) in [5.74, 6) is 0.0521. The molecule has 1 saturated heterocycles. The van der Waals surface area contributed by atoms with Gasteiger partial charge in [0, 0.05) is 6.61 Å². The van der Waals surface area contributed by atoms with Crippen molar-refractivity contribution in [2.45, 2.75) is 25.8 Å². The van der Waals surface area contributed by atoms with Crippen LogP contribution in [0.15, 0.2) is 0 Å². The van der Waals surface area contributed by atoms with Crippen molar-refractivity contribution in [3.05, 3.63) is 0 Å². The normalized spacial score (nSPS) is 28.5. The molecule has 1 heterocycles. The summed E-state index contributed by atoms with van der Waals surface area (Å²) < 4.78 is 4.89. The molecule has 2 unspecified atom stereocenters. The van der Waals surface area contributed by atoms with E-state index in [0.29, 0.717) is 13.0 Å². The Labute approximate surface area is 78.3 Å². The number of piperidine rings is 1. The highest BCUT2D eigenvalue weighted by atomic mass is 16.5. The SMILES string of the molecule is CCOC(=O)C1CC(CO)CCN1. The van der Waals surface area contributed by atoms with Gasteiger partial charge in [0.1, 0.15) is 6.04 Å². The number of aliphatic hydroxyl groups is 1. The van der Waals surface area contributed by atoms with Gasteiger partial charge in [-0.1, -0.05) is 0 Å². The van der Waals surface area contributed by atoms with E-state index in [9.17, 15) is 4.79 Å². The van der Waals surface area contributed by atoms with E-state index in [2.05, 4.69) is 5.32 Å². The summed E-state index contributed by atoms with van der Waals surface area (Å²) in [4.78, 5) is 11.3. The monoisotopic (exact) mass is 187 g/mol. The van der Waals surface area contributed by atoms with Gasteiger partial charge < -0.3 is 15.2 Å². The second kappa shape index (κ2) is 5.19. The third-order valence-corrected chi connectivity index (χ3v) is 2.34. The molecule has 0 amide bonds. The first-order valence-corrected chi connectivity index (χ1v) is 4.78. The van der Waals surface area contributed by atoms with Crippen molar-refractivity contribution in [3.63, 3.8) is 0 Å². The van der Waals surface area contributed by atoms with Crippen LogP contribution in [0.25, 0.3) is 0 Å². The average Bonchev–Trinajstić information content (AvgIpc) is 2.18. The van der Waals surface area contributed by atoms with E-state index >= 15 is 0 Å². The number of aliphatic hydroxyl groups excluding tert-OH is 1. The van der Waals surface area contributed by atoms with Crippen molar-refractivity contribution in [1.82, 2.24) is 5.32 Å². The third kappa shape index (κ3) is 2.97. The zero-order chi connectivity index (χ0) is 9.68. The molecule has 76 valence electrons. The number of ether oxygens (including phenoxy) is 1. The minimum Gasteiger partial charge on any atom is -0.465 e. The average molecular weight is 187 g/mol. The van der Waals surface area contributed by atoms with E-state index in [4.69, 9.17) is 9.84 Å². The lowest BCUT2D eigenvalue weighted by atomic mass is 9.93. The molecule has 0 aromatic heterocycles. The molecule has 0 saturated carbocycles. The molecule has 2 N–H and O–H groups in total. The molecule has 1 aliphatic rings. The van der Waals surface area contributed by atoms with Crippen molar-refractivity contribution in [2.75, 3.05) is 19.8 Å². The highest BCUT2D eigenvalue weighted by Gasteiger charge is 2.27. The molecule has 0 radical (unpaired) electrons. The fraction of sp³-hybridized carbons (Fsp3) is 0.889. The predicted octanol–water partition coefficient (Wildman–Crippen LogP) is -0.0900. The summed E-state index contributed by atoms with van der Waals surface area (Å²) in [6, 6.07) is -0.217. The van der Waals surface area contributed by atoms with Crippen LogP contribution in [0.3, 0.4) is 0 Å². The lowest BCUT2D eigenvalue weighted by Crippen LogP contribution is -2.45. The maximum atomic E-state index is 11.3. The number of rotatable bonds is 3. The lowest BCUT2D eigenvalue weighted by molar-refractivity contribution is -0.146. The minimum absolute atomic E-state index is 0.164. The van der Waals surface area contributed by atoms with Crippen LogP contribution < -0.4 is 5.32 Å². The highest BCUT2D eigenvalue weighted by Crippen LogP contribution is 2.15. The van der Waals surface area contributed by atoms with Gasteiger partial charge in [-0.3, -0.25) is 4.79 Å². The van der Waals surface area contributed by atoms with Crippen LogP contribution in [0.5, 0.6) is 0 Å². The largest absolute Gasteiger partial charge is 0.465 e. The van der Waals surface area contributed by atoms with Crippen molar-refractivity contribution in [2.24, 2.45) is 5.92 Å². The molecule has 0 aromatic rings. The van der Waals surface area contributed by atoms with Crippen LogP contribution in [0, 0.1) is 5.92 Å². The molecule has 2 atom stereocenters. The molecule has 0 aromatic carbocycles. The summed E-state index contributed by atoms with van der Waals surface area (Å²) in [7, 11) is 0. The lowest BCUT2D eigenvalue weighted by Gasteiger charge is -2.27. The Morgan fingerprint density at radius 1 is 1.69 bits per heavy atom. The van der Waals surface area contributed by atoms with Gasteiger partial charge in [-0.25, -0.2) is 0 Å². The first-order chi connectivity index (χ1) is 6.27. The second-order valence-electron chi connectivity index (χ2n) is 3.33. The standard InChI is InChI=1S/C9H17NO3/c1-2-13-9(12)8-5-7(6-11)3-4-10-8/h7-8,10-11H,2-6H2,1H3. The summed E-state index contributed by atoms with van der Waals surface area (Å²) >= 11 is 0. The van der Waals surface area contributed by atoms with Gasteiger partial charge in [-0.2, -0.15) is 0 Å². The smallest absolute Gasteiger partial charge is 0.323 e. The number of esters is 1. The summed E-state index contributed by atoms with van der Waals surface area (Å²) in [5, 5.41) is 12.0. The first kappa shape index (κ1) is 10.5. The second-order valence-corrected chi connectivity index (χ2v) is 3.33. The molecule has 4 nitrogen and oxygen atoms in total. The number of hydrogen-bond donors (Lipinski definition) is 2. The Hall–Kier alpha value is -0.610. The maximum Gasteiger partial charge on any atom is 0.323 e. The van der Waals surface area contributed by atoms with E-state index in [1.54, 1.807) is 6.92 Å². The van der Waals surface area contributed by atoms with Gasteiger partial charge >= 0.3 is 5.97 Å². The molecule has 13 heavy (non-hydrogen) atoms. The molecule has 0 spiro atoms. The van der Waals surface area contributed by atoms with E-state index in [1.165, 1.54) is 0 Å². The van der Waals surface area contributed by atoms with Crippen molar-refractivity contribution in [1.29, 1.82) is 0 Å². The van der Waals surface area contributed by atoms with Crippen molar-refractivity contribution in [3.8, 4) is 0 Å². The summed E-state index contributed by atoms with van der Waals surface area (Å²) in [5.41, 5.74) is 0. The molecule has 4 heteroatoms. The summed E-state index contributed by atoms with van der Waals surface area (Å²) in [6.45, 7) is 3.16. The van der Waals surface area contributed by atoms with Crippen molar-refractivity contribution < 1.29 is 14.6 Å². The molecule has 1 aliphatic heterocycles. The minimum atomic E-state index is -0.217. The summed E-state index contributed by atoms with van der Waals surface area (Å²) in [6.07, 6.45) is 1.63. The van der Waals surface area contributed by atoms with E-state index in [0.717, 1.165) is 13.0 Å². The third-order valence-electron chi connectivity index (χ3n) is 2.34. The number of carbonyl (C=O) groups is 1. The van der Waals surface area contributed by atoms with Crippen LogP contribution in [-0.4, -0.2) is 36.9 Å². The van der Waals surface area contributed by atoms with E-state index in [1.807, 2.05) is 0 Å². The first-order valence-electron chi connectivity index (χ1n) is 4.78. The van der Waals surface area contributed by atoms with Gasteiger partial charge in [0.25, 0.3) is 0 Å². The number of nitrogens with one attached hydrogen (secondary N) is 1. The van der Waals surface area contributed by atoms with Gasteiger partial charge in [0.15, 0.2) is 0 Å². The molecule has 1 fully saturated rings. The maximum absolute atomic E-state index is 11.3. The molecular weight excluding hydrogens is 170 g/mol. The zero-order valence-corrected chi connectivity index (χ0v) is 7.95. The zero-order valence-electron chi connectivity index (χ0n) is 7.95. The van der Waals surface area contributed by atoms with E-state index < -0.39 is 0 Å². The molecular formula is C9H17NO3. The Bertz CT molecular complexity index is 172. The number of carbonyl (C=O) groups excluding carboxylic acids is 1. The fourth-order valence-corrected chi connectivity index (χ4v) is 1.58. The molecule has 0 aliphatic carbocycles. The van der Waals surface area contributed by atoms with Crippen LogP contribution in [0.4, 0.5) is 0 Å². The Morgan fingerprint density at radius 3 is 3.08 bits per heavy atom. The van der Waals surface area contributed by atoms with Crippen molar-refractivity contribution >= 4 is 5.97 Å². The molecule has 1 rings (SSSR count). The number of hydrogen-bond acceptors (Lipinski definition) is 4. The quantitative estimate of drug-likeness (QED) is 0.606. The Kier molecular flexibility index (Phi) is 4.18. The van der Waals surface area contributed by atoms with E-state index in [-0.39, 0.29) is 24.5 Å². The predicted molar refractivity (Wildman–Crippen MR) is 48.2 cm³/mol. The Morgan fingerprint density at radius 2 is 2.46 bits per heavy atom. The van der Waals surface area contributed by atoms with Gasteiger partial charge in [-0.15, -0.1) is 0 Å². The topological polar surface area (TPSA) is 58.6 Å². The van der Waals surface area contributed by atoms with Crippen LogP contribution >= 0.6 is 0 Å². The van der Waals surface area contributed by atoms with Gasteiger partial charge in [0.2, 0.25) is 0 Å². The fourth-order valence-electron chi connectivity index (χ4n) is 1.58. The van der Waals surface area contributed by atoms with Crippen LogP contribution in [0.2, 0.25) is 0 Å². The Balaban J connectivity index is 2.37.